The average Bonchev–Trinajstić information content (AvgIpc) is 2.28. The summed E-state index contributed by atoms with van der Waals surface area (Å²) in [7, 11) is 0. The third kappa shape index (κ3) is 0.699. The van der Waals surface area contributed by atoms with E-state index >= 15 is 0 Å². The molecule has 2 heterocycles. The van der Waals surface area contributed by atoms with E-state index in [4.69, 9.17) is 4.74 Å². The first-order valence-corrected chi connectivity index (χ1v) is 2.85. The number of ether oxygens (including phenoxy) is 1. The standard InChI is InChI=1S/C6H5N3O/c1-3-10-4-2-9-5-7-8-6(1)9/h1-5H. The van der Waals surface area contributed by atoms with Crippen molar-refractivity contribution >= 4 is 12.3 Å². The molecule has 0 spiro atoms. The number of hydrogen-bond acceptors (Lipinski definition) is 3. The van der Waals surface area contributed by atoms with Gasteiger partial charge in [-0.3, -0.25) is 4.57 Å². The van der Waals surface area contributed by atoms with Crippen LogP contribution in [-0.4, -0.2) is 14.8 Å². The molecule has 1 aromatic heterocycles. The summed E-state index contributed by atoms with van der Waals surface area (Å²) in [5.41, 5.74) is 0. The highest BCUT2D eigenvalue weighted by Crippen LogP contribution is 2.02. The van der Waals surface area contributed by atoms with E-state index in [2.05, 4.69) is 10.2 Å². The Balaban J connectivity index is 2.56. The molecular formula is C6H5N3O. The molecule has 4 heteroatoms. The van der Waals surface area contributed by atoms with E-state index in [1.54, 1.807) is 35.7 Å². The van der Waals surface area contributed by atoms with E-state index < -0.39 is 0 Å². The second kappa shape index (κ2) is 1.98. The molecule has 0 amide bonds. The molecule has 0 N–H and O–H groups in total. The Morgan fingerprint density at radius 3 is 3.40 bits per heavy atom. The molecule has 0 radical (unpaired) electrons. The number of hydrogen-bond donors (Lipinski definition) is 0. The Hall–Kier alpha value is -1.58. The number of rotatable bonds is 0. The van der Waals surface area contributed by atoms with Gasteiger partial charge in [-0.05, 0) is 0 Å². The molecule has 1 aliphatic heterocycles. The maximum atomic E-state index is 4.89. The van der Waals surface area contributed by atoms with Gasteiger partial charge in [0.25, 0.3) is 0 Å². The van der Waals surface area contributed by atoms with Crippen molar-refractivity contribution in [2.45, 2.75) is 0 Å². The maximum Gasteiger partial charge on any atom is 0.163 e. The van der Waals surface area contributed by atoms with Crippen molar-refractivity contribution in [2.75, 3.05) is 0 Å². The Morgan fingerprint density at radius 2 is 2.40 bits per heavy atom. The summed E-state index contributed by atoms with van der Waals surface area (Å²) in [6.45, 7) is 0. The van der Waals surface area contributed by atoms with Crippen molar-refractivity contribution in [3.8, 4) is 0 Å². The first-order chi connectivity index (χ1) is 4.97. The average molecular weight is 135 g/mol. The molecule has 0 aromatic carbocycles. The van der Waals surface area contributed by atoms with Crippen molar-refractivity contribution in [2.24, 2.45) is 0 Å². The minimum Gasteiger partial charge on any atom is -0.471 e. The first kappa shape index (κ1) is 5.22. The lowest BCUT2D eigenvalue weighted by Gasteiger charge is -1.87. The van der Waals surface area contributed by atoms with Crippen LogP contribution in [0.1, 0.15) is 5.82 Å². The predicted molar refractivity (Wildman–Crippen MR) is 35.5 cm³/mol. The van der Waals surface area contributed by atoms with Gasteiger partial charge in [-0.1, -0.05) is 0 Å². The van der Waals surface area contributed by atoms with Crippen LogP contribution in [0.4, 0.5) is 0 Å². The molecule has 1 aromatic rings. The van der Waals surface area contributed by atoms with Gasteiger partial charge in [0, 0.05) is 12.3 Å². The van der Waals surface area contributed by atoms with Crippen LogP contribution in [0.5, 0.6) is 0 Å². The summed E-state index contributed by atoms with van der Waals surface area (Å²) in [6.07, 6.45) is 8.23. The van der Waals surface area contributed by atoms with Crippen molar-refractivity contribution in [3.63, 3.8) is 0 Å². The Labute approximate surface area is 57.4 Å². The molecule has 1 aliphatic rings. The first-order valence-electron chi connectivity index (χ1n) is 2.85. The summed E-state index contributed by atoms with van der Waals surface area (Å²) in [5, 5.41) is 7.51. The van der Waals surface area contributed by atoms with Gasteiger partial charge < -0.3 is 4.74 Å². The van der Waals surface area contributed by atoms with Crippen LogP contribution in [0.3, 0.4) is 0 Å². The molecule has 2 rings (SSSR count). The molecule has 0 atom stereocenters. The van der Waals surface area contributed by atoms with Crippen molar-refractivity contribution in [1.82, 2.24) is 14.8 Å². The highest BCUT2D eigenvalue weighted by atomic mass is 16.5. The molecule has 0 aliphatic carbocycles. The van der Waals surface area contributed by atoms with Crippen molar-refractivity contribution in [1.29, 1.82) is 0 Å². The summed E-state index contributed by atoms with van der Waals surface area (Å²) in [5.74, 6) is 0.772. The van der Waals surface area contributed by atoms with Gasteiger partial charge in [0.15, 0.2) is 5.82 Å². The van der Waals surface area contributed by atoms with Crippen LogP contribution in [0, 0.1) is 0 Å². The molecule has 50 valence electrons. The van der Waals surface area contributed by atoms with E-state index in [0.717, 1.165) is 5.82 Å². The molecule has 0 bridgehead atoms. The van der Waals surface area contributed by atoms with Crippen LogP contribution in [0.2, 0.25) is 0 Å². The van der Waals surface area contributed by atoms with Crippen molar-refractivity contribution < 1.29 is 4.74 Å². The lowest BCUT2D eigenvalue weighted by molar-refractivity contribution is 0.410. The highest BCUT2D eigenvalue weighted by Gasteiger charge is 1.97. The fourth-order valence-corrected chi connectivity index (χ4v) is 0.732. The van der Waals surface area contributed by atoms with E-state index in [-0.39, 0.29) is 0 Å². The minimum absolute atomic E-state index is 0.772. The molecule has 4 nitrogen and oxygen atoms in total. The SMILES string of the molecule is C1=Cc2nncn2C=CO1. The molecule has 0 unspecified atom stereocenters. The molecule has 0 saturated heterocycles. The fourth-order valence-electron chi connectivity index (χ4n) is 0.732. The number of fused-ring (bicyclic) bond motifs is 1. The van der Waals surface area contributed by atoms with Crippen LogP contribution < -0.4 is 0 Å². The van der Waals surface area contributed by atoms with Gasteiger partial charge in [-0.2, -0.15) is 0 Å². The third-order valence-corrected chi connectivity index (χ3v) is 1.20. The quantitative estimate of drug-likeness (QED) is 0.526. The number of aromatic nitrogens is 3. The van der Waals surface area contributed by atoms with Crippen LogP contribution in [0.15, 0.2) is 18.9 Å². The highest BCUT2D eigenvalue weighted by molar-refractivity contribution is 5.44. The van der Waals surface area contributed by atoms with Crippen LogP contribution in [-0.2, 0) is 4.74 Å². The lowest BCUT2D eigenvalue weighted by atomic mass is 10.6. The number of nitrogens with zero attached hydrogens (tertiary/aromatic N) is 3. The lowest BCUT2D eigenvalue weighted by Crippen LogP contribution is -1.85. The van der Waals surface area contributed by atoms with E-state index in [0.29, 0.717) is 0 Å². The van der Waals surface area contributed by atoms with Crippen LogP contribution in [0.25, 0.3) is 12.3 Å². The summed E-state index contributed by atoms with van der Waals surface area (Å²) in [4.78, 5) is 0. The van der Waals surface area contributed by atoms with Gasteiger partial charge in [0.1, 0.15) is 12.6 Å². The summed E-state index contributed by atoms with van der Waals surface area (Å²) < 4.78 is 6.65. The van der Waals surface area contributed by atoms with Gasteiger partial charge in [-0.15, -0.1) is 10.2 Å². The maximum absolute atomic E-state index is 4.89. The van der Waals surface area contributed by atoms with Crippen LogP contribution >= 0.6 is 0 Å². The normalized spacial score (nSPS) is 14.0. The second-order valence-corrected chi connectivity index (χ2v) is 1.82. The predicted octanol–water partition coefficient (Wildman–Crippen LogP) is 0.707. The smallest absolute Gasteiger partial charge is 0.163 e. The molecule has 0 fully saturated rings. The van der Waals surface area contributed by atoms with Gasteiger partial charge >= 0.3 is 0 Å². The summed E-state index contributed by atoms with van der Waals surface area (Å²) >= 11 is 0. The largest absolute Gasteiger partial charge is 0.471 e. The zero-order valence-electron chi connectivity index (χ0n) is 5.14. The molecule has 0 saturated carbocycles. The monoisotopic (exact) mass is 135 g/mol. The van der Waals surface area contributed by atoms with Crippen molar-refractivity contribution in [3.05, 3.63) is 24.7 Å². The minimum atomic E-state index is 0.772. The second-order valence-electron chi connectivity index (χ2n) is 1.82. The van der Waals surface area contributed by atoms with Gasteiger partial charge in [0.2, 0.25) is 0 Å². The topological polar surface area (TPSA) is 39.9 Å². The van der Waals surface area contributed by atoms with E-state index in [9.17, 15) is 0 Å². The Morgan fingerprint density at radius 1 is 1.40 bits per heavy atom. The van der Waals surface area contributed by atoms with Gasteiger partial charge in [-0.25, -0.2) is 0 Å². The zero-order chi connectivity index (χ0) is 6.81. The van der Waals surface area contributed by atoms with Gasteiger partial charge in [0.05, 0.1) is 6.26 Å². The molecule has 10 heavy (non-hydrogen) atoms. The zero-order valence-corrected chi connectivity index (χ0v) is 5.14. The molecular weight excluding hydrogens is 130 g/mol. The van der Waals surface area contributed by atoms with E-state index in [1.807, 2.05) is 0 Å². The Bertz CT molecular complexity index is 260. The Kier molecular flexibility index (Phi) is 1.04. The fraction of sp³-hybridized carbons (Fsp3) is 0. The third-order valence-electron chi connectivity index (χ3n) is 1.20. The summed E-state index contributed by atoms with van der Waals surface area (Å²) in [6, 6.07) is 0. The van der Waals surface area contributed by atoms with E-state index in [1.165, 1.54) is 0 Å².